The average molecular weight is 453 g/mol. The minimum atomic E-state index is -3.84. The lowest BCUT2D eigenvalue weighted by atomic mass is 10.2. The van der Waals surface area contributed by atoms with Gasteiger partial charge in [0.05, 0.1) is 0 Å². The highest BCUT2D eigenvalue weighted by Crippen LogP contribution is 2.20. The highest BCUT2D eigenvalue weighted by atomic mass is 32.2. The number of sulfonamides is 1. The molecule has 1 aromatic heterocycles. The highest BCUT2D eigenvalue weighted by Gasteiger charge is 2.20. The molecule has 3 rings (SSSR count). The van der Waals surface area contributed by atoms with Crippen molar-refractivity contribution in [1.82, 2.24) is 14.9 Å². The molecular formula is C18H17FN4O3S3. The zero-order chi connectivity index (χ0) is 20.7. The van der Waals surface area contributed by atoms with Crippen molar-refractivity contribution in [2.24, 2.45) is 0 Å². The number of hydrogen-bond acceptors (Lipinski definition) is 7. The van der Waals surface area contributed by atoms with E-state index < -0.39 is 15.9 Å². The third kappa shape index (κ3) is 6.07. The number of nitrogens with zero attached hydrogens (tertiary/aromatic N) is 2. The van der Waals surface area contributed by atoms with Crippen molar-refractivity contribution >= 4 is 44.2 Å². The van der Waals surface area contributed by atoms with E-state index in [1.165, 1.54) is 17.8 Å². The first-order valence-electron chi connectivity index (χ1n) is 8.46. The Morgan fingerprint density at radius 2 is 1.79 bits per heavy atom. The summed E-state index contributed by atoms with van der Waals surface area (Å²) in [6.07, 6.45) is 0. The van der Waals surface area contributed by atoms with Crippen LogP contribution in [0.25, 0.3) is 0 Å². The molecular weight excluding hydrogens is 435 g/mol. The van der Waals surface area contributed by atoms with Gasteiger partial charge >= 0.3 is 0 Å². The normalized spacial score (nSPS) is 11.3. The van der Waals surface area contributed by atoms with Crippen LogP contribution in [0.5, 0.6) is 0 Å². The number of nitrogens with one attached hydrogen (secondary N) is 2. The Hall–Kier alpha value is -2.34. The molecule has 29 heavy (non-hydrogen) atoms. The summed E-state index contributed by atoms with van der Waals surface area (Å²) in [6.45, 7) is 0.159. The summed E-state index contributed by atoms with van der Waals surface area (Å²) in [5.74, 6) is 0.232. The van der Waals surface area contributed by atoms with Crippen molar-refractivity contribution in [2.45, 2.75) is 10.1 Å². The zero-order valence-corrected chi connectivity index (χ0v) is 17.5. The van der Waals surface area contributed by atoms with Crippen molar-refractivity contribution in [3.8, 4) is 0 Å². The predicted octanol–water partition coefficient (Wildman–Crippen LogP) is 3.14. The number of thioether (sulfide) groups is 1. The fourth-order valence-corrected chi connectivity index (χ4v) is 5.18. The maximum absolute atomic E-state index is 13.5. The molecule has 7 nitrogen and oxygen atoms in total. The molecule has 0 saturated heterocycles. The minimum Gasteiger partial charge on any atom is -0.296 e. The predicted molar refractivity (Wildman–Crippen MR) is 112 cm³/mol. The molecule has 0 aliphatic heterocycles. The minimum absolute atomic E-state index is 0.0909. The van der Waals surface area contributed by atoms with Gasteiger partial charge in [-0.2, -0.15) is 11.8 Å². The molecule has 2 N–H and O–H groups in total. The van der Waals surface area contributed by atoms with Gasteiger partial charge in [0.15, 0.2) is 0 Å². The Bertz CT molecular complexity index is 1070. The summed E-state index contributed by atoms with van der Waals surface area (Å²) in [7, 11) is -3.84. The molecule has 0 aliphatic carbocycles. The molecule has 0 aliphatic rings. The molecule has 0 saturated carbocycles. The zero-order valence-electron chi connectivity index (χ0n) is 15.0. The molecule has 1 heterocycles. The lowest BCUT2D eigenvalue weighted by Gasteiger charge is -2.05. The van der Waals surface area contributed by atoms with Crippen LogP contribution in [0.3, 0.4) is 0 Å². The number of hydrogen-bond donors (Lipinski definition) is 2. The second-order valence-electron chi connectivity index (χ2n) is 5.74. The lowest BCUT2D eigenvalue weighted by molar-refractivity contribution is 0.102. The van der Waals surface area contributed by atoms with E-state index in [0.29, 0.717) is 22.6 Å². The summed E-state index contributed by atoms with van der Waals surface area (Å²) < 4.78 is 40.3. The lowest BCUT2D eigenvalue weighted by Crippen LogP contribution is -2.26. The van der Waals surface area contributed by atoms with E-state index in [2.05, 4.69) is 20.2 Å². The van der Waals surface area contributed by atoms with Crippen molar-refractivity contribution in [3.63, 3.8) is 0 Å². The smallest absolute Gasteiger partial charge is 0.269 e. The largest absolute Gasteiger partial charge is 0.296 e. The molecule has 0 atom stereocenters. The number of amides is 1. The first kappa shape index (κ1) is 21.4. The van der Waals surface area contributed by atoms with Gasteiger partial charge in [-0.3, -0.25) is 10.1 Å². The fraction of sp³-hybridized carbons (Fsp3) is 0.167. The third-order valence-electron chi connectivity index (χ3n) is 3.65. The van der Waals surface area contributed by atoms with Crippen LogP contribution in [0, 0.1) is 5.82 Å². The van der Waals surface area contributed by atoms with Crippen LogP contribution in [0.15, 0.2) is 58.9 Å². The summed E-state index contributed by atoms with van der Waals surface area (Å²) in [5.41, 5.74) is 1.00. The van der Waals surface area contributed by atoms with E-state index in [9.17, 15) is 17.6 Å². The van der Waals surface area contributed by atoms with E-state index in [1.807, 2.05) is 0 Å². The molecule has 3 aromatic rings. The first-order valence-corrected chi connectivity index (χ1v) is 11.9. The van der Waals surface area contributed by atoms with E-state index in [4.69, 9.17) is 0 Å². The van der Waals surface area contributed by atoms with Crippen LogP contribution >= 0.6 is 23.1 Å². The van der Waals surface area contributed by atoms with Crippen molar-refractivity contribution in [1.29, 1.82) is 0 Å². The molecule has 2 aromatic carbocycles. The van der Waals surface area contributed by atoms with Gasteiger partial charge in [-0.1, -0.05) is 47.7 Å². The molecule has 1 amide bonds. The number of anilines is 1. The van der Waals surface area contributed by atoms with Crippen LogP contribution in [-0.2, 0) is 15.8 Å². The first-order chi connectivity index (χ1) is 14.0. The highest BCUT2D eigenvalue weighted by molar-refractivity contribution is 7.98. The number of carbonyl (C=O) groups excluding carboxylic acids is 1. The van der Waals surface area contributed by atoms with Crippen LogP contribution in [0.1, 0.15) is 15.9 Å². The van der Waals surface area contributed by atoms with Gasteiger partial charge in [0.1, 0.15) is 5.82 Å². The van der Waals surface area contributed by atoms with E-state index in [0.717, 1.165) is 11.3 Å². The Kier molecular flexibility index (Phi) is 7.31. The van der Waals surface area contributed by atoms with Gasteiger partial charge < -0.3 is 0 Å². The van der Waals surface area contributed by atoms with Gasteiger partial charge in [0, 0.05) is 23.6 Å². The van der Waals surface area contributed by atoms with E-state index >= 15 is 0 Å². The fourth-order valence-electron chi connectivity index (χ4n) is 2.24. The third-order valence-corrected chi connectivity index (χ3v) is 7.32. The SMILES string of the molecule is O=C(Nc1nnc(S(=O)(=O)NCCSCc2ccccc2F)s1)c1ccccc1. The Labute approximate surface area is 175 Å². The molecule has 0 radical (unpaired) electrons. The van der Waals surface area contributed by atoms with Gasteiger partial charge in [0.2, 0.25) is 9.47 Å². The summed E-state index contributed by atoms with van der Waals surface area (Å²) >= 11 is 2.18. The summed E-state index contributed by atoms with van der Waals surface area (Å²) in [4.78, 5) is 12.1. The van der Waals surface area contributed by atoms with Gasteiger partial charge in [-0.05, 0) is 23.8 Å². The van der Waals surface area contributed by atoms with Gasteiger partial charge in [-0.25, -0.2) is 17.5 Å². The number of rotatable bonds is 9. The number of benzene rings is 2. The average Bonchev–Trinajstić information content (AvgIpc) is 3.19. The molecule has 0 spiro atoms. The van der Waals surface area contributed by atoms with Gasteiger partial charge in [0.25, 0.3) is 15.9 Å². The molecule has 0 unspecified atom stereocenters. The quantitative estimate of drug-likeness (QED) is 0.382. The molecule has 152 valence electrons. The number of aromatic nitrogens is 2. The van der Waals surface area contributed by atoms with Gasteiger partial charge in [-0.15, -0.1) is 10.2 Å². The summed E-state index contributed by atoms with van der Waals surface area (Å²) in [5, 5.41) is 9.97. The molecule has 11 heteroatoms. The second kappa shape index (κ2) is 9.92. The van der Waals surface area contributed by atoms with E-state index in [1.54, 1.807) is 48.5 Å². The molecule has 0 bridgehead atoms. The van der Waals surface area contributed by atoms with Crippen LogP contribution < -0.4 is 10.0 Å². The Morgan fingerprint density at radius 1 is 1.07 bits per heavy atom. The van der Waals surface area contributed by atoms with Crippen molar-refractivity contribution in [3.05, 3.63) is 71.5 Å². The van der Waals surface area contributed by atoms with E-state index in [-0.39, 0.29) is 21.8 Å². The standard InChI is InChI=1S/C18H17FN4O3S3/c19-15-9-5-4-8-14(15)12-27-11-10-20-29(25,26)18-23-22-17(28-18)21-16(24)13-6-2-1-3-7-13/h1-9,20H,10-12H2,(H,21,22,24). The monoisotopic (exact) mass is 452 g/mol. The number of halogens is 1. The number of carbonyl (C=O) groups is 1. The second-order valence-corrected chi connectivity index (χ2v) is 9.76. The summed E-state index contributed by atoms with van der Waals surface area (Å²) in [6, 6.07) is 15.0. The Balaban J connectivity index is 1.48. The maximum Gasteiger partial charge on any atom is 0.269 e. The van der Waals surface area contributed by atoms with Crippen LogP contribution in [-0.4, -0.2) is 36.8 Å². The topological polar surface area (TPSA) is 101 Å². The van der Waals surface area contributed by atoms with Crippen molar-refractivity contribution < 1.29 is 17.6 Å². The molecule has 0 fully saturated rings. The Morgan fingerprint density at radius 3 is 2.55 bits per heavy atom. The van der Waals surface area contributed by atoms with Crippen LogP contribution in [0.2, 0.25) is 0 Å². The van der Waals surface area contributed by atoms with Crippen molar-refractivity contribution in [2.75, 3.05) is 17.6 Å². The van der Waals surface area contributed by atoms with Crippen LogP contribution in [0.4, 0.5) is 9.52 Å². The maximum atomic E-state index is 13.5.